The smallest absolute Gasteiger partial charge is 0.325 e. The van der Waals surface area contributed by atoms with Gasteiger partial charge in [0.1, 0.15) is 0 Å². The molecule has 0 unspecified atom stereocenters. The second-order valence-corrected chi connectivity index (χ2v) is 9.90. The van der Waals surface area contributed by atoms with E-state index in [0.717, 1.165) is 30.6 Å². The van der Waals surface area contributed by atoms with Crippen molar-refractivity contribution in [2.24, 2.45) is 5.73 Å². The number of nitrogens with zero attached hydrogens (tertiary/aromatic N) is 1. The lowest BCUT2D eigenvalue weighted by Crippen LogP contribution is -2.41. The van der Waals surface area contributed by atoms with Gasteiger partial charge in [-0.1, -0.05) is 39.3 Å². The number of hydrogen-bond acceptors (Lipinski definition) is 4. The molecule has 3 N–H and O–H groups in total. The molecule has 2 saturated heterocycles. The Morgan fingerprint density at radius 3 is 2.50 bits per heavy atom. The van der Waals surface area contributed by atoms with Crippen LogP contribution in [0.25, 0.3) is 0 Å². The quantitative estimate of drug-likeness (QED) is 0.564. The normalized spacial score (nSPS) is 24.2. The molecule has 2 fully saturated rings. The predicted octanol–water partition coefficient (Wildman–Crippen LogP) is 3.05. The van der Waals surface area contributed by atoms with Crippen molar-refractivity contribution < 1.29 is 14.4 Å². The third kappa shape index (κ3) is 4.35. The Morgan fingerprint density at radius 1 is 1.21 bits per heavy atom. The number of nitrogens with one attached hydrogen (secondary N) is 1. The molecular weight excluding hydrogens is 374 g/mol. The van der Waals surface area contributed by atoms with Crippen molar-refractivity contribution in [2.45, 2.75) is 69.2 Å². The van der Waals surface area contributed by atoms with Crippen LogP contribution in [0.15, 0.2) is 24.3 Å². The van der Waals surface area contributed by atoms with E-state index in [-0.39, 0.29) is 40.6 Å². The van der Waals surface area contributed by atoms with E-state index in [9.17, 15) is 14.4 Å². The minimum Gasteiger partial charge on any atom is -0.370 e. The lowest BCUT2D eigenvalue weighted by Gasteiger charge is -2.22. The van der Waals surface area contributed by atoms with E-state index < -0.39 is 0 Å². The van der Waals surface area contributed by atoms with E-state index in [1.807, 2.05) is 24.3 Å². The maximum Gasteiger partial charge on any atom is 0.325 e. The van der Waals surface area contributed by atoms with Gasteiger partial charge >= 0.3 is 6.03 Å². The van der Waals surface area contributed by atoms with E-state index >= 15 is 0 Å². The number of fused-ring (bicyclic) bond motifs is 1. The first kappa shape index (κ1) is 20.7. The number of benzene rings is 1. The molecular formula is C21H29N3O3S. The van der Waals surface area contributed by atoms with Crippen LogP contribution >= 0.6 is 11.8 Å². The molecule has 0 aromatic heterocycles. The third-order valence-electron chi connectivity index (χ3n) is 5.52. The number of imide groups is 1. The second kappa shape index (κ2) is 8.15. The number of urea groups is 1. The third-order valence-corrected chi connectivity index (χ3v) is 7.01. The fraction of sp³-hybridized carbons (Fsp3) is 0.571. The molecule has 3 atom stereocenters. The van der Waals surface area contributed by atoms with Gasteiger partial charge < -0.3 is 11.1 Å². The molecule has 0 aliphatic carbocycles. The van der Waals surface area contributed by atoms with Crippen molar-refractivity contribution in [3.63, 3.8) is 0 Å². The number of amides is 4. The number of carbonyl (C=O) groups excluding carboxylic acids is 3. The monoisotopic (exact) mass is 403 g/mol. The highest BCUT2D eigenvalue weighted by molar-refractivity contribution is 8.00. The van der Waals surface area contributed by atoms with Crippen LogP contribution in [0, 0.1) is 0 Å². The van der Waals surface area contributed by atoms with Crippen LogP contribution in [-0.2, 0) is 10.2 Å². The number of thioether (sulfide) groups is 1. The first-order valence-corrected chi connectivity index (χ1v) is 10.9. The minimum absolute atomic E-state index is 0.0154. The number of rotatable bonds is 6. The molecule has 1 aromatic carbocycles. The summed E-state index contributed by atoms with van der Waals surface area (Å²) in [5.41, 5.74) is 6.89. The Morgan fingerprint density at radius 2 is 1.89 bits per heavy atom. The summed E-state index contributed by atoms with van der Waals surface area (Å²) in [7, 11) is 0. The molecule has 6 nitrogen and oxygen atoms in total. The lowest BCUT2D eigenvalue weighted by molar-refractivity contribution is -0.118. The first-order valence-electron chi connectivity index (χ1n) is 9.83. The number of nitrogens with two attached hydrogens (primary N) is 1. The highest BCUT2D eigenvalue weighted by atomic mass is 32.2. The van der Waals surface area contributed by atoms with E-state index in [2.05, 4.69) is 26.1 Å². The SMILES string of the molecule is CC(C)(C)c1ccc(C(=O)N2C(=O)N[C@@H]3[C@H](CCCCC(N)=O)SC[C@@H]32)cc1. The molecule has 0 bridgehead atoms. The van der Waals surface area contributed by atoms with Gasteiger partial charge in [0.05, 0.1) is 12.1 Å². The topological polar surface area (TPSA) is 92.5 Å². The summed E-state index contributed by atoms with van der Waals surface area (Å²) in [4.78, 5) is 37.8. The summed E-state index contributed by atoms with van der Waals surface area (Å²) in [6, 6.07) is 7.10. The molecule has 28 heavy (non-hydrogen) atoms. The number of unbranched alkanes of at least 4 members (excludes halogenated alkanes) is 1. The summed E-state index contributed by atoms with van der Waals surface area (Å²) in [6.45, 7) is 6.38. The van der Waals surface area contributed by atoms with Crippen LogP contribution in [0.3, 0.4) is 0 Å². The summed E-state index contributed by atoms with van der Waals surface area (Å²) in [5.74, 6) is 0.233. The molecule has 1 aromatic rings. The Bertz CT molecular complexity index is 757. The summed E-state index contributed by atoms with van der Waals surface area (Å²) in [6.07, 6.45) is 2.96. The van der Waals surface area contributed by atoms with Gasteiger partial charge in [-0.3, -0.25) is 14.5 Å². The molecule has 2 heterocycles. The lowest BCUT2D eigenvalue weighted by atomic mass is 9.86. The highest BCUT2D eigenvalue weighted by Gasteiger charge is 2.50. The van der Waals surface area contributed by atoms with Crippen molar-refractivity contribution >= 4 is 29.6 Å². The zero-order valence-corrected chi connectivity index (χ0v) is 17.6. The molecule has 152 valence electrons. The van der Waals surface area contributed by atoms with Crippen molar-refractivity contribution in [3.05, 3.63) is 35.4 Å². The van der Waals surface area contributed by atoms with Gasteiger partial charge in [0, 0.05) is 23.0 Å². The predicted molar refractivity (Wildman–Crippen MR) is 111 cm³/mol. The Labute approximate surface area is 170 Å². The summed E-state index contributed by atoms with van der Waals surface area (Å²) < 4.78 is 0. The van der Waals surface area contributed by atoms with Gasteiger partial charge in [-0.25, -0.2) is 4.79 Å². The number of hydrogen-bond donors (Lipinski definition) is 2. The van der Waals surface area contributed by atoms with Gasteiger partial charge in [-0.2, -0.15) is 11.8 Å². The van der Waals surface area contributed by atoms with Crippen LogP contribution in [0.2, 0.25) is 0 Å². The van der Waals surface area contributed by atoms with E-state index in [1.165, 1.54) is 4.90 Å². The highest BCUT2D eigenvalue weighted by Crippen LogP contribution is 2.37. The van der Waals surface area contributed by atoms with Crippen molar-refractivity contribution in [2.75, 3.05) is 5.75 Å². The fourth-order valence-electron chi connectivity index (χ4n) is 3.87. The van der Waals surface area contributed by atoms with Crippen LogP contribution < -0.4 is 11.1 Å². The Hall–Kier alpha value is -2.02. The maximum atomic E-state index is 13.0. The number of primary amides is 1. The molecule has 3 rings (SSSR count). The fourth-order valence-corrected chi connectivity index (χ4v) is 5.46. The average Bonchev–Trinajstić information content (AvgIpc) is 3.15. The van der Waals surface area contributed by atoms with Crippen molar-refractivity contribution in [1.29, 1.82) is 0 Å². The van der Waals surface area contributed by atoms with Gasteiger partial charge in [0.2, 0.25) is 5.91 Å². The molecule has 0 saturated carbocycles. The molecule has 4 amide bonds. The van der Waals surface area contributed by atoms with Crippen molar-refractivity contribution in [3.8, 4) is 0 Å². The van der Waals surface area contributed by atoms with Crippen LogP contribution in [-0.4, -0.2) is 45.8 Å². The zero-order valence-electron chi connectivity index (χ0n) is 16.7. The largest absolute Gasteiger partial charge is 0.370 e. The molecule has 7 heteroatoms. The molecule has 0 spiro atoms. The van der Waals surface area contributed by atoms with Gasteiger partial charge in [-0.05, 0) is 36.0 Å². The van der Waals surface area contributed by atoms with Crippen molar-refractivity contribution in [1.82, 2.24) is 10.2 Å². The Kier molecular flexibility index (Phi) is 6.03. The van der Waals surface area contributed by atoms with Gasteiger partial charge in [0.15, 0.2) is 0 Å². The van der Waals surface area contributed by atoms with E-state index in [1.54, 1.807) is 11.8 Å². The molecule has 2 aliphatic rings. The van der Waals surface area contributed by atoms with Crippen LogP contribution in [0.5, 0.6) is 0 Å². The summed E-state index contributed by atoms with van der Waals surface area (Å²) in [5, 5.41) is 3.27. The van der Waals surface area contributed by atoms with Crippen LogP contribution in [0.4, 0.5) is 4.79 Å². The second-order valence-electron chi connectivity index (χ2n) is 8.63. The standard InChI is InChI=1S/C21H29N3O3S/c1-21(2,3)14-10-8-13(9-11-14)19(26)24-15-12-28-16(18(15)23-20(24)27)6-4-5-7-17(22)25/h8-11,15-16,18H,4-7,12H2,1-3H3,(H2,22,25)(H,23,27)/t15-,16-,18-/m0/s1. The van der Waals surface area contributed by atoms with E-state index in [0.29, 0.717) is 12.0 Å². The van der Waals surface area contributed by atoms with Crippen LogP contribution in [0.1, 0.15) is 62.4 Å². The van der Waals surface area contributed by atoms with E-state index in [4.69, 9.17) is 5.73 Å². The van der Waals surface area contributed by atoms with Gasteiger partial charge in [0.25, 0.3) is 5.91 Å². The first-order chi connectivity index (χ1) is 13.2. The average molecular weight is 404 g/mol. The maximum absolute atomic E-state index is 13.0. The molecule has 0 radical (unpaired) electrons. The number of carbonyl (C=O) groups is 3. The van der Waals surface area contributed by atoms with Gasteiger partial charge in [-0.15, -0.1) is 0 Å². The Balaban J connectivity index is 1.65. The molecule has 2 aliphatic heterocycles. The zero-order chi connectivity index (χ0) is 20.5. The summed E-state index contributed by atoms with van der Waals surface area (Å²) >= 11 is 1.79. The minimum atomic E-state index is -0.303.